The highest BCUT2D eigenvalue weighted by atomic mass is 79.9. The third-order valence-electron chi connectivity index (χ3n) is 2.98. The van der Waals surface area contributed by atoms with Crippen LogP contribution >= 0.6 is 0 Å². The van der Waals surface area contributed by atoms with E-state index < -0.39 is 0 Å². The second-order valence-electron chi connectivity index (χ2n) is 4.27. The molecular formula is C16H19BrNO2-. The van der Waals surface area contributed by atoms with E-state index in [1.807, 2.05) is 36.4 Å². The molecule has 0 aliphatic carbocycles. The van der Waals surface area contributed by atoms with Gasteiger partial charge in [0.25, 0.3) is 0 Å². The molecule has 0 aliphatic heterocycles. The van der Waals surface area contributed by atoms with Crippen molar-refractivity contribution in [3.05, 3.63) is 59.7 Å². The first-order chi connectivity index (χ1) is 9.33. The van der Waals surface area contributed by atoms with E-state index in [0.717, 1.165) is 30.2 Å². The van der Waals surface area contributed by atoms with Crippen LogP contribution in [-0.4, -0.2) is 14.2 Å². The minimum absolute atomic E-state index is 0. The fourth-order valence-corrected chi connectivity index (χ4v) is 1.94. The van der Waals surface area contributed by atoms with Crippen LogP contribution in [0.3, 0.4) is 0 Å². The number of ether oxygens (including phenoxy) is 2. The molecule has 0 spiro atoms. The van der Waals surface area contributed by atoms with Gasteiger partial charge >= 0.3 is 0 Å². The molecule has 0 radical (unpaired) electrons. The second kappa shape index (κ2) is 8.61. The molecule has 0 heterocycles. The van der Waals surface area contributed by atoms with Gasteiger partial charge in [-0.1, -0.05) is 36.4 Å². The Morgan fingerprint density at radius 2 is 1.65 bits per heavy atom. The number of halogens is 1. The van der Waals surface area contributed by atoms with Gasteiger partial charge in [-0.05, 0) is 11.6 Å². The van der Waals surface area contributed by atoms with Gasteiger partial charge in [-0.3, -0.25) is 0 Å². The average Bonchev–Trinajstić information content (AvgIpc) is 2.48. The molecule has 0 amide bonds. The van der Waals surface area contributed by atoms with Crippen LogP contribution in [0, 0.1) is 0 Å². The second-order valence-corrected chi connectivity index (χ2v) is 4.27. The summed E-state index contributed by atoms with van der Waals surface area (Å²) in [6.07, 6.45) is 0. The fourth-order valence-electron chi connectivity index (χ4n) is 1.94. The number of methoxy groups -OCH3 is 2. The van der Waals surface area contributed by atoms with Crippen LogP contribution in [0.1, 0.15) is 11.1 Å². The summed E-state index contributed by atoms with van der Waals surface area (Å²) in [5.41, 5.74) is 2.40. The summed E-state index contributed by atoms with van der Waals surface area (Å²) in [6.45, 7) is 1.61. The van der Waals surface area contributed by atoms with Crippen molar-refractivity contribution < 1.29 is 26.5 Å². The predicted molar refractivity (Wildman–Crippen MR) is 76.5 cm³/mol. The summed E-state index contributed by atoms with van der Waals surface area (Å²) in [4.78, 5) is 0. The molecule has 0 bridgehead atoms. The molecule has 0 aliphatic rings. The normalized spacial score (nSPS) is 9.70. The molecule has 2 aromatic carbocycles. The monoisotopic (exact) mass is 336 g/mol. The van der Waals surface area contributed by atoms with Gasteiger partial charge in [0.1, 0.15) is 11.5 Å². The zero-order valence-electron chi connectivity index (χ0n) is 11.7. The Morgan fingerprint density at radius 3 is 2.30 bits per heavy atom. The Bertz CT molecular complexity index is 517. The van der Waals surface area contributed by atoms with E-state index in [9.17, 15) is 0 Å². The average molecular weight is 337 g/mol. The quantitative estimate of drug-likeness (QED) is 0.805. The highest BCUT2D eigenvalue weighted by Crippen LogP contribution is 2.24. The van der Waals surface area contributed by atoms with Crippen molar-refractivity contribution in [1.82, 2.24) is 5.32 Å². The van der Waals surface area contributed by atoms with E-state index >= 15 is 0 Å². The van der Waals surface area contributed by atoms with Crippen LogP contribution in [0.25, 0.3) is 0 Å². The van der Waals surface area contributed by atoms with E-state index in [2.05, 4.69) is 17.4 Å². The highest BCUT2D eigenvalue weighted by molar-refractivity contribution is 5.40. The van der Waals surface area contributed by atoms with Crippen molar-refractivity contribution in [2.24, 2.45) is 0 Å². The Hall–Kier alpha value is -1.52. The van der Waals surface area contributed by atoms with Gasteiger partial charge in [-0.15, -0.1) is 0 Å². The third-order valence-corrected chi connectivity index (χ3v) is 2.98. The van der Waals surface area contributed by atoms with Crippen molar-refractivity contribution in [3.8, 4) is 11.5 Å². The molecule has 0 aromatic heterocycles. The molecule has 1 N–H and O–H groups in total. The van der Waals surface area contributed by atoms with Crippen molar-refractivity contribution in [1.29, 1.82) is 0 Å². The largest absolute Gasteiger partial charge is 1.00 e. The lowest BCUT2D eigenvalue weighted by atomic mass is 10.1. The summed E-state index contributed by atoms with van der Waals surface area (Å²) in [6, 6.07) is 16.2. The van der Waals surface area contributed by atoms with Gasteiger partial charge < -0.3 is 31.8 Å². The van der Waals surface area contributed by atoms with Gasteiger partial charge in [0.15, 0.2) is 0 Å². The molecule has 3 nitrogen and oxygen atoms in total. The number of rotatable bonds is 6. The summed E-state index contributed by atoms with van der Waals surface area (Å²) in [5.74, 6) is 1.66. The minimum Gasteiger partial charge on any atom is -1.00 e. The molecule has 2 rings (SSSR count). The van der Waals surface area contributed by atoms with E-state index in [0.29, 0.717) is 0 Å². The molecule has 0 saturated heterocycles. The Balaban J connectivity index is 0.00000200. The number of nitrogens with one attached hydrogen (secondary N) is 1. The molecule has 108 valence electrons. The van der Waals surface area contributed by atoms with Gasteiger partial charge in [0.05, 0.1) is 14.2 Å². The first-order valence-corrected chi connectivity index (χ1v) is 6.29. The van der Waals surface area contributed by atoms with Crippen LogP contribution in [0.15, 0.2) is 48.5 Å². The van der Waals surface area contributed by atoms with Gasteiger partial charge in [-0.25, -0.2) is 0 Å². The van der Waals surface area contributed by atoms with Crippen LogP contribution < -0.4 is 31.8 Å². The summed E-state index contributed by atoms with van der Waals surface area (Å²) in [7, 11) is 3.33. The number of benzene rings is 2. The molecule has 2 aromatic rings. The molecule has 0 saturated carbocycles. The number of hydrogen-bond donors (Lipinski definition) is 1. The predicted octanol–water partition coefficient (Wildman–Crippen LogP) is -0.00240. The summed E-state index contributed by atoms with van der Waals surface area (Å²) >= 11 is 0. The lowest BCUT2D eigenvalue weighted by Gasteiger charge is -2.11. The van der Waals surface area contributed by atoms with E-state index in [4.69, 9.17) is 9.47 Å². The maximum absolute atomic E-state index is 5.37. The lowest BCUT2D eigenvalue weighted by molar-refractivity contribution is -0.00000454. The molecule has 0 atom stereocenters. The summed E-state index contributed by atoms with van der Waals surface area (Å²) in [5, 5.41) is 3.41. The molecule has 0 fully saturated rings. The van der Waals surface area contributed by atoms with Crippen molar-refractivity contribution in [3.63, 3.8) is 0 Å². The Labute approximate surface area is 130 Å². The van der Waals surface area contributed by atoms with Crippen LogP contribution in [0.4, 0.5) is 0 Å². The van der Waals surface area contributed by atoms with E-state index in [-0.39, 0.29) is 17.0 Å². The third kappa shape index (κ3) is 4.54. The van der Waals surface area contributed by atoms with E-state index in [1.165, 1.54) is 5.56 Å². The van der Waals surface area contributed by atoms with E-state index in [1.54, 1.807) is 14.2 Å². The molecule has 0 unspecified atom stereocenters. The van der Waals surface area contributed by atoms with Gasteiger partial charge in [0.2, 0.25) is 0 Å². The van der Waals surface area contributed by atoms with Crippen molar-refractivity contribution in [2.75, 3.05) is 14.2 Å². The maximum atomic E-state index is 5.37. The van der Waals surface area contributed by atoms with Gasteiger partial charge in [-0.2, -0.15) is 0 Å². The first-order valence-electron chi connectivity index (χ1n) is 6.29. The van der Waals surface area contributed by atoms with Crippen molar-refractivity contribution >= 4 is 0 Å². The van der Waals surface area contributed by atoms with Gasteiger partial charge in [0, 0.05) is 24.7 Å². The molecule has 20 heavy (non-hydrogen) atoms. The number of hydrogen-bond acceptors (Lipinski definition) is 3. The minimum atomic E-state index is 0. The fraction of sp³-hybridized carbons (Fsp3) is 0.250. The summed E-state index contributed by atoms with van der Waals surface area (Å²) < 4.78 is 10.6. The zero-order valence-corrected chi connectivity index (χ0v) is 13.3. The SMILES string of the molecule is COc1ccc(CNCc2ccccc2)c(OC)c1.[Br-]. The van der Waals surface area contributed by atoms with Crippen LogP contribution in [0.2, 0.25) is 0 Å². The Kier molecular flexibility index (Phi) is 7.12. The Morgan fingerprint density at radius 1 is 0.900 bits per heavy atom. The molecule has 4 heteroatoms. The maximum Gasteiger partial charge on any atom is 0.127 e. The zero-order chi connectivity index (χ0) is 13.5. The van der Waals surface area contributed by atoms with Crippen LogP contribution in [-0.2, 0) is 13.1 Å². The first kappa shape index (κ1) is 16.5. The van der Waals surface area contributed by atoms with Crippen molar-refractivity contribution in [2.45, 2.75) is 13.1 Å². The standard InChI is InChI=1S/C16H19NO2.BrH/c1-18-15-9-8-14(16(10-15)19-2)12-17-11-13-6-4-3-5-7-13;/h3-10,17H,11-12H2,1-2H3;1H/p-1. The lowest BCUT2D eigenvalue weighted by Crippen LogP contribution is -3.00. The highest BCUT2D eigenvalue weighted by Gasteiger charge is 2.04. The smallest absolute Gasteiger partial charge is 0.127 e. The molecular weight excluding hydrogens is 318 g/mol. The van der Waals surface area contributed by atoms with Crippen LogP contribution in [0.5, 0.6) is 11.5 Å². The topological polar surface area (TPSA) is 30.5 Å².